The van der Waals surface area contributed by atoms with E-state index < -0.39 is 0 Å². The lowest BCUT2D eigenvalue weighted by Gasteiger charge is -2.23. The average Bonchev–Trinajstić information content (AvgIpc) is 3.44. The van der Waals surface area contributed by atoms with Crippen molar-refractivity contribution >= 4 is 16.8 Å². The smallest absolute Gasteiger partial charge is 0.272 e. The first-order valence-electron chi connectivity index (χ1n) is 10.9. The first kappa shape index (κ1) is 19.2. The highest BCUT2D eigenvalue weighted by Gasteiger charge is 2.20. The van der Waals surface area contributed by atoms with Gasteiger partial charge in [-0.15, -0.1) is 0 Å². The Hall–Kier alpha value is -2.77. The summed E-state index contributed by atoms with van der Waals surface area (Å²) in [6, 6.07) is 8.52. The van der Waals surface area contributed by atoms with Crippen LogP contribution >= 0.6 is 0 Å². The molecule has 1 aromatic carbocycles. The van der Waals surface area contributed by atoms with Crippen molar-refractivity contribution in [3.8, 4) is 11.1 Å². The van der Waals surface area contributed by atoms with Gasteiger partial charge in [0, 0.05) is 35.9 Å². The number of likely N-dealkylation sites (tertiary alicyclic amines) is 1. The highest BCUT2D eigenvalue weighted by Crippen LogP contribution is 2.26. The predicted octanol–water partition coefficient (Wildman–Crippen LogP) is 2.70. The molecule has 0 radical (unpaired) electrons. The number of H-pyrrole nitrogens is 1. The molecule has 0 saturated carbocycles. The van der Waals surface area contributed by atoms with Crippen molar-refractivity contribution in [3.05, 3.63) is 47.9 Å². The highest BCUT2D eigenvalue weighted by atomic mass is 16.2. The fourth-order valence-electron chi connectivity index (χ4n) is 4.52. The van der Waals surface area contributed by atoms with Crippen LogP contribution in [0.1, 0.15) is 41.7 Å². The van der Waals surface area contributed by atoms with Gasteiger partial charge in [0.2, 0.25) is 0 Å². The molecule has 1 amide bonds. The van der Waals surface area contributed by atoms with E-state index in [0.29, 0.717) is 5.69 Å². The van der Waals surface area contributed by atoms with Crippen molar-refractivity contribution in [1.82, 2.24) is 30.7 Å². The van der Waals surface area contributed by atoms with Crippen molar-refractivity contribution in [3.63, 3.8) is 0 Å². The van der Waals surface area contributed by atoms with E-state index in [4.69, 9.17) is 0 Å². The number of aromatic nitrogens is 3. The van der Waals surface area contributed by atoms with E-state index in [1.807, 2.05) is 24.5 Å². The van der Waals surface area contributed by atoms with Crippen LogP contribution in [0.5, 0.6) is 0 Å². The highest BCUT2D eigenvalue weighted by molar-refractivity contribution is 6.05. The van der Waals surface area contributed by atoms with Gasteiger partial charge in [-0.05, 0) is 81.2 Å². The van der Waals surface area contributed by atoms with Crippen LogP contribution in [0.2, 0.25) is 0 Å². The molecular weight excluding hydrogens is 376 g/mol. The number of hydrogen-bond acceptors (Lipinski definition) is 5. The number of nitrogens with zero attached hydrogens (tertiary/aromatic N) is 3. The monoisotopic (exact) mass is 404 g/mol. The van der Waals surface area contributed by atoms with Gasteiger partial charge in [-0.2, -0.15) is 5.10 Å². The predicted molar refractivity (Wildman–Crippen MR) is 117 cm³/mol. The molecule has 3 aromatic rings. The lowest BCUT2D eigenvalue weighted by atomic mass is 10.0. The summed E-state index contributed by atoms with van der Waals surface area (Å²) in [4.78, 5) is 19.8. The second-order valence-corrected chi connectivity index (χ2v) is 8.40. The van der Waals surface area contributed by atoms with Crippen LogP contribution < -0.4 is 10.6 Å². The molecule has 0 atom stereocenters. The number of hydrogen-bond donors (Lipinski definition) is 3. The van der Waals surface area contributed by atoms with E-state index >= 15 is 0 Å². The average molecular weight is 405 g/mol. The van der Waals surface area contributed by atoms with Crippen LogP contribution in [-0.4, -0.2) is 58.2 Å². The number of amides is 1. The summed E-state index contributed by atoms with van der Waals surface area (Å²) in [6.45, 7) is 5.16. The third-order valence-electron chi connectivity index (χ3n) is 6.19. The van der Waals surface area contributed by atoms with Gasteiger partial charge in [0.25, 0.3) is 5.91 Å². The summed E-state index contributed by atoms with van der Waals surface area (Å²) in [5.74, 6) is -0.105. The number of pyridine rings is 1. The number of rotatable bonds is 5. The first-order chi connectivity index (χ1) is 14.8. The standard InChI is InChI=1S/C23H28N6O/c30-23(26-19-5-7-24-8-6-19)22-20-12-17(3-4-21(20)27-28-22)18-11-16(13-25-14-18)15-29-9-1-2-10-29/h3-4,11-14,19,24H,1-2,5-10,15H2,(H,26,30)(H,27,28). The number of carbonyl (C=O) groups excluding carboxylic acids is 1. The minimum absolute atomic E-state index is 0.105. The second kappa shape index (κ2) is 8.53. The zero-order valence-electron chi connectivity index (χ0n) is 17.2. The molecular formula is C23H28N6O. The Labute approximate surface area is 176 Å². The molecule has 0 unspecified atom stereocenters. The second-order valence-electron chi connectivity index (χ2n) is 8.40. The summed E-state index contributed by atoms with van der Waals surface area (Å²) in [5, 5.41) is 14.6. The molecule has 0 spiro atoms. The zero-order valence-corrected chi connectivity index (χ0v) is 17.2. The summed E-state index contributed by atoms with van der Waals surface area (Å²) in [6.07, 6.45) is 8.32. The maximum atomic E-state index is 12.9. The van der Waals surface area contributed by atoms with E-state index in [0.717, 1.165) is 54.5 Å². The Balaban J connectivity index is 1.39. The number of fused-ring (bicyclic) bond motifs is 1. The molecule has 0 bridgehead atoms. The number of nitrogens with one attached hydrogen (secondary N) is 3. The first-order valence-corrected chi connectivity index (χ1v) is 10.9. The van der Waals surface area contributed by atoms with Crippen molar-refractivity contribution in [2.45, 2.75) is 38.3 Å². The van der Waals surface area contributed by atoms with Crippen molar-refractivity contribution in [2.24, 2.45) is 0 Å². The van der Waals surface area contributed by atoms with Crippen molar-refractivity contribution in [2.75, 3.05) is 26.2 Å². The van der Waals surface area contributed by atoms with E-state index in [-0.39, 0.29) is 11.9 Å². The molecule has 0 aliphatic carbocycles. The molecule has 2 saturated heterocycles. The molecule has 2 aromatic heterocycles. The van der Waals surface area contributed by atoms with Crippen LogP contribution in [0.15, 0.2) is 36.7 Å². The summed E-state index contributed by atoms with van der Waals surface area (Å²) in [7, 11) is 0. The third-order valence-corrected chi connectivity index (χ3v) is 6.19. The number of piperidine rings is 1. The molecule has 3 N–H and O–H groups in total. The molecule has 30 heavy (non-hydrogen) atoms. The van der Waals surface area contributed by atoms with Crippen LogP contribution in [0.4, 0.5) is 0 Å². The summed E-state index contributed by atoms with van der Waals surface area (Å²) < 4.78 is 0. The lowest BCUT2D eigenvalue weighted by Crippen LogP contribution is -2.42. The van der Waals surface area contributed by atoms with Crippen LogP contribution in [0.3, 0.4) is 0 Å². The summed E-state index contributed by atoms with van der Waals surface area (Å²) in [5.41, 5.74) is 4.68. The van der Waals surface area contributed by atoms with Crippen LogP contribution in [0, 0.1) is 0 Å². The topological polar surface area (TPSA) is 85.9 Å². The van der Waals surface area contributed by atoms with E-state index in [9.17, 15) is 4.79 Å². The van der Waals surface area contributed by atoms with Gasteiger partial charge >= 0.3 is 0 Å². The fraction of sp³-hybridized carbons (Fsp3) is 0.435. The summed E-state index contributed by atoms with van der Waals surface area (Å²) >= 11 is 0. The van der Waals surface area contributed by atoms with Crippen molar-refractivity contribution < 1.29 is 4.79 Å². The fourth-order valence-corrected chi connectivity index (χ4v) is 4.52. The minimum atomic E-state index is -0.105. The van der Waals surface area contributed by atoms with Gasteiger partial charge in [-0.25, -0.2) is 0 Å². The van der Waals surface area contributed by atoms with Gasteiger partial charge in [0.1, 0.15) is 0 Å². The Morgan fingerprint density at radius 1 is 1.10 bits per heavy atom. The van der Waals surface area contributed by atoms with E-state index in [2.05, 4.69) is 42.8 Å². The Kier molecular flexibility index (Phi) is 5.46. The molecule has 2 fully saturated rings. The van der Waals surface area contributed by atoms with Gasteiger partial charge in [0.15, 0.2) is 5.69 Å². The Bertz CT molecular complexity index is 1030. The molecule has 7 heteroatoms. The normalized spacial score (nSPS) is 18.1. The molecule has 7 nitrogen and oxygen atoms in total. The van der Waals surface area contributed by atoms with Gasteiger partial charge in [-0.3, -0.25) is 19.8 Å². The van der Waals surface area contributed by atoms with E-state index in [1.165, 1.54) is 31.5 Å². The van der Waals surface area contributed by atoms with Crippen molar-refractivity contribution in [1.29, 1.82) is 0 Å². The quantitative estimate of drug-likeness (QED) is 0.609. The molecule has 4 heterocycles. The van der Waals surface area contributed by atoms with Gasteiger partial charge in [-0.1, -0.05) is 6.07 Å². The van der Waals surface area contributed by atoms with Crippen LogP contribution in [0.25, 0.3) is 22.0 Å². The minimum Gasteiger partial charge on any atom is -0.348 e. The SMILES string of the molecule is O=C(NC1CCNCC1)c1n[nH]c2ccc(-c3cncc(CN4CCCC4)c3)cc12. The zero-order chi connectivity index (χ0) is 20.3. The molecule has 2 aliphatic heterocycles. The number of carbonyl (C=O) groups is 1. The van der Waals surface area contributed by atoms with Gasteiger partial charge in [0.05, 0.1) is 5.52 Å². The van der Waals surface area contributed by atoms with Crippen LogP contribution in [-0.2, 0) is 6.54 Å². The molecule has 5 rings (SSSR count). The Morgan fingerprint density at radius 2 is 1.93 bits per heavy atom. The largest absolute Gasteiger partial charge is 0.348 e. The third kappa shape index (κ3) is 4.08. The molecule has 156 valence electrons. The van der Waals surface area contributed by atoms with Gasteiger partial charge < -0.3 is 10.6 Å². The Morgan fingerprint density at radius 3 is 2.77 bits per heavy atom. The van der Waals surface area contributed by atoms with E-state index in [1.54, 1.807) is 0 Å². The maximum absolute atomic E-state index is 12.9. The number of aromatic amines is 1. The maximum Gasteiger partial charge on any atom is 0.272 e. The number of benzene rings is 1. The molecule has 2 aliphatic rings. The lowest BCUT2D eigenvalue weighted by molar-refractivity contribution is 0.0926.